The molecule has 0 bridgehead atoms. The van der Waals surface area contributed by atoms with Crippen molar-refractivity contribution in [3.8, 4) is 0 Å². The molecule has 6 heteroatoms. The quantitative estimate of drug-likeness (QED) is 0.189. The summed E-state index contributed by atoms with van der Waals surface area (Å²) in [6, 6.07) is 31.4. The average molecular weight is 506 g/mol. The van der Waals surface area contributed by atoms with E-state index < -0.39 is 5.54 Å². The van der Waals surface area contributed by atoms with Gasteiger partial charge in [0.25, 0.3) is 0 Å². The minimum atomic E-state index is -0.602. The molecule has 1 saturated heterocycles. The lowest BCUT2D eigenvalue weighted by molar-refractivity contribution is -0.143. The van der Waals surface area contributed by atoms with E-state index in [0.29, 0.717) is 37.4 Å². The van der Waals surface area contributed by atoms with Crippen molar-refractivity contribution in [2.75, 3.05) is 19.7 Å². The largest absolute Gasteiger partial charge is 0.465 e. The third kappa shape index (κ3) is 4.95. The highest BCUT2D eigenvalue weighted by Crippen LogP contribution is 2.44. The molecule has 0 N–H and O–H groups in total. The zero-order chi connectivity index (χ0) is 26.4. The molecule has 6 nitrogen and oxygen atoms in total. The van der Waals surface area contributed by atoms with Crippen LogP contribution in [0.1, 0.15) is 35.7 Å². The Labute approximate surface area is 223 Å². The van der Waals surface area contributed by atoms with Crippen LogP contribution in [0.5, 0.6) is 0 Å². The van der Waals surface area contributed by atoms with Crippen molar-refractivity contribution in [1.82, 2.24) is 14.5 Å². The van der Waals surface area contributed by atoms with Gasteiger partial charge in [-0.15, -0.1) is 0 Å². The first-order valence-corrected chi connectivity index (χ1v) is 12.9. The normalized spacial score (nSPS) is 15.5. The van der Waals surface area contributed by atoms with E-state index in [1.54, 1.807) is 24.0 Å². The van der Waals surface area contributed by atoms with Crippen molar-refractivity contribution in [2.24, 2.45) is 0 Å². The summed E-state index contributed by atoms with van der Waals surface area (Å²) in [6.45, 7) is 3.20. The SMILES string of the molecule is CCOC(=O)Cn1cncc1/C=C1\CN(C(c2ccccc2)(c2ccccc2)c2ccccc2)CCC1=O. The van der Waals surface area contributed by atoms with Gasteiger partial charge in [-0.1, -0.05) is 91.0 Å². The Morgan fingerprint density at radius 1 is 0.921 bits per heavy atom. The van der Waals surface area contributed by atoms with E-state index in [2.05, 4.69) is 82.7 Å². The molecule has 1 aliphatic heterocycles. The van der Waals surface area contributed by atoms with Crippen LogP contribution in [-0.2, 0) is 26.4 Å². The number of ether oxygens (including phenoxy) is 1. The van der Waals surface area contributed by atoms with Gasteiger partial charge >= 0.3 is 5.97 Å². The summed E-state index contributed by atoms with van der Waals surface area (Å²) in [5, 5.41) is 0. The fourth-order valence-corrected chi connectivity index (χ4v) is 5.38. The van der Waals surface area contributed by atoms with Crippen molar-refractivity contribution < 1.29 is 14.3 Å². The minimum absolute atomic E-state index is 0.0485. The van der Waals surface area contributed by atoms with E-state index in [0.717, 1.165) is 16.7 Å². The van der Waals surface area contributed by atoms with Crippen LogP contribution in [0.3, 0.4) is 0 Å². The number of hydrogen-bond acceptors (Lipinski definition) is 5. The number of imidazole rings is 1. The number of likely N-dealkylation sites (tertiary alicyclic amines) is 1. The average Bonchev–Trinajstić information content (AvgIpc) is 3.39. The number of carbonyl (C=O) groups excluding carboxylic acids is 2. The number of ketones is 1. The number of piperidine rings is 1. The van der Waals surface area contributed by atoms with Gasteiger partial charge in [0.05, 0.1) is 30.4 Å². The molecule has 0 spiro atoms. The van der Waals surface area contributed by atoms with Gasteiger partial charge in [-0.2, -0.15) is 0 Å². The standard InChI is InChI=1S/C32H31N3O3/c1-2-38-31(37)23-34-24-33-21-29(34)20-25-22-35(19-18-30(25)36)32(26-12-6-3-7-13-26,27-14-8-4-9-15-27)28-16-10-5-11-17-28/h3-17,20-21,24H,2,18-19,22-23H2,1H3/b25-20+. The third-order valence-electron chi connectivity index (χ3n) is 7.05. The maximum absolute atomic E-state index is 13.2. The zero-order valence-corrected chi connectivity index (χ0v) is 21.5. The summed E-state index contributed by atoms with van der Waals surface area (Å²) in [5.41, 5.74) is 4.20. The first kappa shape index (κ1) is 25.4. The Morgan fingerprint density at radius 3 is 2.00 bits per heavy atom. The minimum Gasteiger partial charge on any atom is -0.465 e. The Kier molecular flexibility index (Phi) is 7.61. The van der Waals surface area contributed by atoms with Crippen molar-refractivity contribution in [1.29, 1.82) is 0 Å². The van der Waals surface area contributed by atoms with Crippen LogP contribution in [0, 0.1) is 0 Å². The predicted molar refractivity (Wildman–Crippen MR) is 147 cm³/mol. The molecule has 1 aliphatic rings. The van der Waals surface area contributed by atoms with Gasteiger partial charge in [-0.25, -0.2) is 4.98 Å². The van der Waals surface area contributed by atoms with E-state index in [1.807, 2.05) is 24.3 Å². The van der Waals surface area contributed by atoms with Gasteiger partial charge in [0, 0.05) is 25.1 Å². The monoisotopic (exact) mass is 505 g/mol. The smallest absolute Gasteiger partial charge is 0.325 e. The lowest BCUT2D eigenvalue weighted by Crippen LogP contribution is -2.52. The van der Waals surface area contributed by atoms with Crippen molar-refractivity contribution in [3.63, 3.8) is 0 Å². The fraction of sp³-hybridized carbons (Fsp3) is 0.219. The molecule has 0 radical (unpaired) electrons. The van der Waals surface area contributed by atoms with Crippen molar-refractivity contribution >= 4 is 17.8 Å². The van der Waals surface area contributed by atoms with E-state index in [1.165, 1.54) is 0 Å². The number of aromatic nitrogens is 2. The van der Waals surface area contributed by atoms with Crippen LogP contribution >= 0.6 is 0 Å². The van der Waals surface area contributed by atoms with Gasteiger partial charge in [-0.3, -0.25) is 14.5 Å². The molecule has 2 heterocycles. The van der Waals surface area contributed by atoms with Gasteiger partial charge in [-0.05, 0) is 29.7 Å². The van der Waals surface area contributed by atoms with Crippen LogP contribution in [0.2, 0.25) is 0 Å². The number of rotatable bonds is 8. The van der Waals surface area contributed by atoms with Crippen LogP contribution < -0.4 is 0 Å². The number of nitrogens with zero attached hydrogens (tertiary/aromatic N) is 3. The molecule has 5 rings (SSSR count). The maximum atomic E-state index is 13.2. The number of carbonyl (C=O) groups is 2. The molecule has 38 heavy (non-hydrogen) atoms. The molecular formula is C32H31N3O3. The Morgan fingerprint density at radius 2 is 1.47 bits per heavy atom. The first-order valence-electron chi connectivity index (χ1n) is 12.9. The number of hydrogen-bond donors (Lipinski definition) is 0. The molecule has 192 valence electrons. The number of esters is 1. The van der Waals surface area contributed by atoms with Gasteiger partial charge in [0.2, 0.25) is 0 Å². The second-order valence-corrected chi connectivity index (χ2v) is 9.32. The summed E-state index contributed by atoms with van der Waals surface area (Å²) in [7, 11) is 0. The van der Waals surface area contributed by atoms with Gasteiger partial charge in [0.15, 0.2) is 5.78 Å². The molecule has 3 aromatic carbocycles. The summed E-state index contributed by atoms with van der Waals surface area (Å²) in [6.07, 6.45) is 5.53. The highest BCUT2D eigenvalue weighted by Gasteiger charge is 2.44. The molecule has 1 aromatic heterocycles. The van der Waals surface area contributed by atoms with E-state index in [9.17, 15) is 9.59 Å². The van der Waals surface area contributed by atoms with Crippen LogP contribution in [0.15, 0.2) is 109 Å². The van der Waals surface area contributed by atoms with Crippen molar-refractivity contribution in [2.45, 2.75) is 25.4 Å². The van der Waals surface area contributed by atoms with Crippen LogP contribution in [0.25, 0.3) is 6.08 Å². The highest BCUT2D eigenvalue weighted by molar-refractivity contribution is 6.00. The lowest BCUT2D eigenvalue weighted by atomic mass is 9.74. The molecule has 0 atom stereocenters. The van der Waals surface area contributed by atoms with E-state index in [-0.39, 0.29) is 18.3 Å². The number of benzene rings is 3. The van der Waals surface area contributed by atoms with Gasteiger partial charge < -0.3 is 9.30 Å². The topological polar surface area (TPSA) is 64.4 Å². The fourth-order valence-electron chi connectivity index (χ4n) is 5.38. The molecule has 0 saturated carbocycles. The Bertz CT molecular complexity index is 1320. The third-order valence-corrected chi connectivity index (χ3v) is 7.05. The lowest BCUT2D eigenvalue weighted by Gasteiger charge is -2.47. The summed E-state index contributed by atoms with van der Waals surface area (Å²) < 4.78 is 6.82. The second kappa shape index (κ2) is 11.4. The number of Topliss-reactive ketones (excluding diaryl/α,β-unsaturated/α-hetero) is 1. The predicted octanol–water partition coefficient (Wildman–Crippen LogP) is 5.10. The highest BCUT2D eigenvalue weighted by atomic mass is 16.5. The molecule has 0 aliphatic carbocycles. The second-order valence-electron chi connectivity index (χ2n) is 9.32. The molecule has 1 fully saturated rings. The molecule has 0 unspecified atom stereocenters. The Balaban J connectivity index is 1.61. The molecular weight excluding hydrogens is 474 g/mol. The van der Waals surface area contributed by atoms with E-state index >= 15 is 0 Å². The van der Waals surface area contributed by atoms with E-state index in [4.69, 9.17) is 4.74 Å². The van der Waals surface area contributed by atoms with Crippen LogP contribution in [-0.4, -0.2) is 45.9 Å². The molecule has 0 amide bonds. The van der Waals surface area contributed by atoms with Crippen LogP contribution in [0.4, 0.5) is 0 Å². The summed E-state index contributed by atoms with van der Waals surface area (Å²) in [4.78, 5) is 31.9. The maximum Gasteiger partial charge on any atom is 0.325 e. The zero-order valence-electron chi connectivity index (χ0n) is 21.5. The van der Waals surface area contributed by atoms with Crippen molar-refractivity contribution in [3.05, 3.63) is 131 Å². The Hall–Kier alpha value is -4.29. The first-order chi connectivity index (χ1) is 18.6. The molecule has 4 aromatic rings. The van der Waals surface area contributed by atoms with Gasteiger partial charge in [0.1, 0.15) is 6.54 Å². The summed E-state index contributed by atoms with van der Waals surface area (Å²) >= 11 is 0. The summed E-state index contributed by atoms with van der Waals surface area (Å²) in [5.74, 6) is -0.230.